The SMILES string of the molecule is CCN1CC(O)CC(F)(F)C1. The van der Waals surface area contributed by atoms with Crippen LogP contribution in [0.25, 0.3) is 0 Å². The molecule has 1 unspecified atom stereocenters. The Bertz CT molecular complexity index is 140. The van der Waals surface area contributed by atoms with Crippen LogP contribution in [-0.4, -0.2) is 41.7 Å². The third kappa shape index (κ3) is 2.38. The van der Waals surface area contributed by atoms with Crippen molar-refractivity contribution in [2.24, 2.45) is 0 Å². The molecular weight excluding hydrogens is 152 g/mol. The zero-order valence-corrected chi connectivity index (χ0v) is 6.56. The Morgan fingerprint density at radius 1 is 1.64 bits per heavy atom. The molecule has 0 aromatic carbocycles. The zero-order valence-electron chi connectivity index (χ0n) is 6.56. The molecule has 1 fully saturated rings. The first-order chi connectivity index (χ1) is 5.03. The molecule has 2 nitrogen and oxygen atoms in total. The van der Waals surface area contributed by atoms with Crippen LogP contribution in [0.2, 0.25) is 0 Å². The standard InChI is InChI=1S/C7H13F2NO/c1-2-10-4-6(11)3-7(8,9)5-10/h6,11H,2-5H2,1H3. The van der Waals surface area contributed by atoms with Crippen molar-refractivity contribution in [3.63, 3.8) is 0 Å². The number of likely N-dealkylation sites (N-methyl/N-ethyl adjacent to an activating group) is 1. The number of aliphatic hydroxyl groups excluding tert-OH is 1. The third-order valence-corrected chi connectivity index (χ3v) is 1.91. The summed E-state index contributed by atoms with van der Waals surface area (Å²) in [6.07, 6.45) is -1.25. The molecule has 1 atom stereocenters. The summed E-state index contributed by atoms with van der Waals surface area (Å²) in [4.78, 5) is 1.56. The summed E-state index contributed by atoms with van der Waals surface area (Å²) >= 11 is 0. The van der Waals surface area contributed by atoms with Crippen molar-refractivity contribution in [1.29, 1.82) is 0 Å². The molecule has 1 aliphatic heterocycles. The first-order valence-electron chi connectivity index (χ1n) is 3.82. The van der Waals surface area contributed by atoms with Gasteiger partial charge in [-0.1, -0.05) is 6.92 Å². The van der Waals surface area contributed by atoms with E-state index in [-0.39, 0.29) is 13.0 Å². The molecule has 0 saturated carbocycles. The van der Waals surface area contributed by atoms with Crippen LogP contribution in [0.3, 0.4) is 0 Å². The van der Waals surface area contributed by atoms with Gasteiger partial charge in [-0.3, -0.25) is 4.90 Å². The highest BCUT2D eigenvalue weighted by Gasteiger charge is 2.38. The van der Waals surface area contributed by atoms with Gasteiger partial charge in [0.25, 0.3) is 5.92 Å². The Labute approximate surface area is 64.8 Å². The Kier molecular flexibility index (Phi) is 2.44. The molecule has 0 bridgehead atoms. The Morgan fingerprint density at radius 3 is 2.73 bits per heavy atom. The molecule has 0 amide bonds. The van der Waals surface area contributed by atoms with E-state index in [1.165, 1.54) is 0 Å². The second-order valence-electron chi connectivity index (χ2n) is 3.04. The van der Waals surface area contributed by atoms with Gasteiger partial charge in [0.2, 0.25) is 0 Å². The lowest BCUT2D eigenvalue weighted by Crippen LogP contribution is -2.49. The van der Waals surface area contributed by atoms with E-state index >= 15 is 0 Å². The number of aliphatic hydroxyl groups is 1. The molecular formula is C7H13F2NO. The normalized spacial score (nSPS) is 32.2. The third-order valence-electron chi connectivity index (χ3n) is 1.91. The lowest BCUT2D eigenvalue weighted by Gasteiger charge is -2.34. The van der Waals surface area contributed by atoms with Crippen molar-refractivity contribution in [2.75, 3.05) is 19.6 Å². The van der Waals surface area contributed by atoms with Gasteiger partial charge in [0, 0.05) is 13.0 Å². The highest BCUT2D eigenvalue weighted by atomic mass is 19.3. The molecule has 0 spiro atoms. The van der Waals surface area contributed by atoms with Gasteiger partial charge >= 0.3 is 0 Å². The molecule has 1 rings (SSSR count). The molecule has 1 saturated heterocycles. The van der Waals surface area contributed by atoms with Crippen LogP contribution in [0.1, 0.15) is 13.3 Å². The summed E-state index contributed by atoms with van der Waals surface area (Å²) < 4.78 is 25.4. The monoisotopic (exact) mass is 165 g/mol. The van der Waals surface area contributed by atoms with Crippen molar-refractivity contribution in [3.05, 3.63) is 0 Å². The molecule has 0 radical (unpaired) electrons. The van der Waals surface area contributed by atoms with Crippen LogP contribution in [0.15, 0.2) is 0 Å². The average molecular weight is 165 g/mol. The van der Waals surface area contributed by atoms with E-state index in [0.29, 0.717) is 13.1 Å². The fraction of sp³-hybridized carbons (Fsp3) is 1.00. The fourth-order valence-electron chi connectivity index (χ4n) is 1.40. The maximum Gasteiger partial charge on any atom is 0.263 e. The quantitative estimate of drug-likeness (QED) is 0.618. The van der Waals surface area contributed by atoms with E-state index < -0.39 is 12.0 Å². The van der Waals surface area contributed by atoms with Gasteiger partial charge in [-0.2, -0.15) is 0 Å². The number of nitrogens with zero attached hydrogens (tertiary/aromatic N) is 1. The number of hydrogen-bond acceptors (Lipinski definition) is 2. The second-order valence-corrected chi connectivity index (χ2v) is 3.04. The average Bonchev–Trinajstić information content (AvgIpc) is 1.83. The van der Waals surface area contributed by atoms with Gasteiger partial charge in [0.15, 0.2) is 0 Å². The van der Waals surface area contributed by atoms with Crippen molar-refractivity contribution >= 4 is 0 Å². The molecule has 66 valence electrons. The summed E-state index contributed by atoms with van der Waals surface area (Å²) in [5.41, 5.74) is 0. The molecule has 4 heteroatoms. The van der Waals surface area contributed by atoms with E-state index in [4.69, 9.17) is 5.11 Å². The molecule has 0 aliphatic carbocycles. The van der Waals surface area contributed by atoms with Crippen molar-refractivity contribution < 1.29 is 13.9 Å². The zero-order chi connectivity index (χ0) is 8.48. The lowest BCUT2D eigenvalue weighted by molar-refractivity contribution is -0.105. The molecule has 0 aromatic heterocycles. The first kappa shape index (κ1) is 8.87. The largest absolute Gasteiger partial charge is 0.392 e. The number of piperidine rings is 1. The minimum atomic E-state index is -2.70. The van der Waals surface area contributed by atoms with Gasteiger partial charge in [0.05, 0.1) is 12.6 Å². The smallest absolute Gasteiger partial charge is 0.263 e. The van der Waals surface area contributed by atoms with Gasteiger partial charge in [-0.15, -0.1) is 0 Å². The second kappa shape index (κ2) is 3.03. The van der Waals surface area contributed by atoms with Crippen LogP contribution in [-0.2, 0) is 0 Å². The Morgan fingerprint density at radius 2 is 2.27 bits per heavy atom. The van der Waals surface area contributed by atoms with Gasteiger partial charge in [-0.25, -0.2) is 8.78 Å². The Balaban J connectivity index is 2.51. The Hall–Kier alpha value is -0.220. The van der Waals surface area contributed by atoms with E-state index in [0.717, 1.165) is 0 Å². The number of halogens is 2. The highest BCUT2D eigenvalue weighted by Crippen LogP contribution is 2.26. The van der Waals surface area contributed by atoms with Gasteiger partial charge < -0.3 is 5.11 Å². The number of β-amino-alcohol motifs (C(OH)–C–C–N with tert-alkyl or cyclic N) is 1. The minimum absolute atomic E-state index is 0.208. The highest BCUT2D eigenvalue weighted by molar-refractivity contribution is 4.83. The number of likely N-dealkylation sites (tertiary alicyclic amines) is 1. The first-order valence-corrected chi connectivity index (χ1v) is 3.82. The van der Waals surface area contributed by atoms with Crippen LogP contribution in [0.4, 0.5) is 8.78 Å². The predicted octanol–water partition coefficient (Wildman–Crippen LogP) is 0.708. The van der Waals surface area contributed by atoms with Crippen LogP contribution in [0.5, 0.6) is 0 Å². The van der Waals surface area contributed by atoms with Crippen LogP contribution < -0.4 is 0 Å². The molecule has 0 aromatic rings. The summed E-state index contributed by atoms with van der Waals surface area (Å²) in [6, 6.07) is 0. The van der Waals surface area contributed by atoms with Gasteiger partial charge in [-0.05, 0) is 6.54 Å². The molecule has 1 heterocycles. The van der Waals surface area contributed by atoms with E-state index in [2.05, 4.69) is 0 Å². The maximum atomic E-state index is 12.7. The van der Waals surface area contributed by atoms with Gasteiger partial charge in [0.1, 0.15) is 0 Å². The molecule has 1 N–H and O–H groups in total. The van der Waals surface area contributed by atoms with E-state index in [9.17, 15) is 8.78 Å². The van der Waals surface area contributed by atoms with E-state index in [1.54, 1.807) is 4.90 Å². The van der Waals surface area contributed by atoms with Crippen molar-refractivity contribution in [1.82, 2.24) is 4.90 Å². The number of hydrogen-bond donors (Lipinski definition) is 1. The lowest BCUT2D eigenvalue weighted by atomic mass is 10.1. The molecule has 1 aliphatic rings. The van der Waals surface area contributed by atoms with Crippen molar-refractivity contribution in [2.45, 2.75) is 25.4 Å². The van der Waals surface area contributed by atoms with Crippen LogP contribution >= 0.6 is 0 Å². The topological polar surface area (TPSA) is 23.5 Å². The fourth-order valence-corrected chi connectivity index (χ4v) is 1.40. The minimum Gasteiger partial charge on any atom is -0.392 e. The number of alkyl halides is 2. The summed E-state index contributed by atoms with van der Waals surface area (Å²) in [5.74, 6) is -2.70. The predicted molar refractivity (Wildman–Crippen MR) is 37.7 cm³/mol. The number of rotatable bonds is 1. The van der Waals surface area contributed by atoms with Crippen LogP contribution in [0, 0.1) is 0 Å². The maximum absolute atomic E-state index is 12.7. The van der Waals surface area contributed by atoms with Crippen molar-refractivity contribution in [3.8, 4) is 0 Å². The molecule has 11 heavy (non-hydrogen) atoms. The summed E-state index contributed by atoms with van der Waals surface area (Å²) in [7, 11) is 0. The summed E-state index contributed by atoms with van der Waals surface area (Å²) in [5, 5.41) is 9.02. The van der Waals surface area contributed by atoms with E-state index in [1.807, 2.05) is 6.92 Å². The summed E-state index contributed by atoms with van der Waals surface area (Å²) in [6.45, 7) is 2.56.